The molecule has 2 N–H and O–H groups in total. The molecule has 1 aliphatic carbocycles. The van der Waals surface area contributed by atoms with E-state index in [2.05, 4.69) is 15.6 Å². The van der Waals surface area contributed by atoms with Crippen molar-refractivity contribution < 1.29 is 23.5 Å². The van der Waals surface area contributed by atoms with E-state index >= 15 is 0 Å². The molecule has 2 aromatic carbocycles. The summed E-state index contributed by atoms with van der Waals surface area (Å²) in [6, 6.07) is 16.1. The number of fused-ring (bicyclic) bond motifs is 1. The fraction of sp³-hybridized carbons (Fsp3) is 0.459. The highest BCUT2D eigenvalue weighted by molar-refractivity contribution is 5.89. The van der Waals surface area contributed by atoms with Crippen LogP contribution in [0.4, 0.5) is 0 Å². The second-order valence-electron chi connectivity index (χ2n) is 13.0. The molecule has 9 nitrogen and oxygen atoms in total. The van der Waals surface area contributed by atoms with Gasteiger partial charge in [-0.25, -0.2) is 9.78 Å². The van der Waals surface area contributed by atoms with E-state index in [-0.39, 0.29) is 35.9 Å². The van der Waals surface area contributed by atoms with Crippen LogP contribution in [0.5, 0.6) is 0 Å². The van der Waals surface area contributed by atoms with Crippen molar-refractivity contribution in [3.8, 4) is 0 Å². The Morgan fingerprint density at radius 3 is 2.46 bits per heavy atom. The van der Waals surface area contributed by atoms with E-state index in [9.17, 15) is 14.4 Å². The van der Waals surface area contributed by atoms with Crippen molar-refractivity contribution in [3.05, 3.63) is 89.3 Å². The van der Waals surface area contributed by atoms with Crippen molar-refractivity contribution in [1.29, 1.82) is 0 Å². The molecular formula is C37H46N4O5. The van der Waals surface area contributed by atoms with Gasteiger partial charge in [-0.3, -0.25) is 9.59 Å². The van der Waals surface area contributed by atoms with E-state index in [0.717, 1.165) is 47.7 Å². The number of hydrogen-bond donors (Lipinski definition) is 2. The predicted molar refractivity (Wildman–Crippen MR) is 177 cm³/mol. The number of rotatable bonds is 13. The smallest absolute Gasteiger partial charge is 0.360 e. The van der Waals surface area contributed by atoms with E-state index in [1.807, 2.05) is 86.3 Å². The first kappa shape index (κ1) is 33.0. The third kappa shape index (κ3) is 8.44. The first-order chi connectivity index (χ1) is 22.2. The lowest BCUT2D eigenvalue weighted by atomic mass is 9.86. The number of esters is 1. The molecule has 0 saturated heterocycles. The number of oxazole rings is 1. The Bertz CT molecular complexity index is 1630. The van der Waals surface area contributed by atoms with Gasteiger partial charge in [0, 0.05) is 37.0 Å². The number of para-hydroxylation sites is 1. The number of aromatic nitrogens is 2. The lowest BCUT2D eigenvalue weighted by molar-refractivity contribution is -0.130. The number of hydrogen-bond acceptors (Lipinski definition) is 6. The summed E-state index contributed by atoms with van der Waals surface area (Å²) in [4.78, 5) is 44.7. The Hall–Kier alpha value is -4.40. The summed E-state index contributed by atoms with van der Waals surface area (Å²) >= 11 is 0. The maximum atomic E-state index is 13.9. The van der Waals surface area contributed by atoms with Crippen molar-refractivity contribution in [3.63, 3.8) is 0 Å². The SMILES string of the molecule is Cc1oc([C@@H](Cc2cn(C)c3ccccc23)NC(=O)[C@H](CC(C)C)NC(=O)CC2CCCCC2)nc1C(=O)OCc1ccccc1. The number of benzene rings is 2. The Morgan fingerprint density at radius 1 is 1.00 bits per heavy atom. The maximum absolute atomic E-state index is 13.9. The number of carbonyl (C=O) groups excluding carboxylic acids is 3. The number of ether oxygens (including phenoxy) is 1. The first-order valence-electron chi connectivity index (χ1n) is 16.5. The average Bonchev–Trinajstić information content (AvgIpc) is 3.59. The molecule has 4 aromatic rings. The zero-order chi connectivity index (χ0) is 32.6. The van der Waals surface area contributed by atoms with Gasteiger partial charge in [-0.05, 0) is 55.2 Å². The third-order valence-corrected chi connectivity index (χ3v) is 8.79. The standard InChI is InChI=1S/C37H46N4O5/c1-24(2)19-30(38-33(42)20-26-13-7-5-8-14-26)35(43)39-31(21-28-22-41(4)32-18-12-11-17-29(28)32)36-40-34(25(3)46-36)37(44)45-23-27-15-9-6-10-16-27/h6,9-12,15-18,22,24,26,30-31H,5,7-8,13-14,19-21,23H2,1-4H3,(H,38,42)(H,39,43)/t30-,31+/m0/s1. The van der Waals surface area contributed by atoms with Crippen LogP contribution in [0.3, 0.4) is 0 Å². The normalized spacial score (nSPS) is 15.1. The van der Waals surface area contributed by atoms with Crippen LogP contribution in [0.15, 0.2) is 65.2 Å². The Morgan fingerprint density at radius 2 is 1.72 bits per heavy atom. The van der Waals surface area contributed by atoms with Crippen molar-refractivity contribution in [1.82, 2.24) is 20.2 Å². The van der Waals surface area contributed by atoms with E-state index < -0.39 is 18.1 Å². The summed E-state index contributed by atoms with van der Waals surface area (Å²) in [5, 5.41) is 7.22. The van der Waals surface area contributed by atoms with Crippen LogP contribution in [0.2, 0.25) is 0 Å². The van der Waals surface area contributed by atoms with Crippen molar-refractivity contribution >= 4 is 28.7 Å². The van der Waals surface area contributed by atoms with Crippen LogP contribution in [-0.2, 0) is 34.4 Å². The molecule has 0 bridgehead atoms. The highest BCUT2D eigenvalue weighted by Gasteiger charge is 2.30. The van der Waals surface area contributed by atoms with Crippen LogP contribution in [0.1, 0.15) is 98.1 Å². The molecule has 0 spiro atoms. The molecule has 9 heteroatoms. The number of nitrogens with one attached hydrogen (secondary N) is 2. The van der Waals surface area contributed by atoms with E-state index in [0.29, 0.717) is 30.9 Å². The van der Waals surface area contributed by atoms with E-state index in [1.165, 1.54) is 6.42 Å². The Balaban J connectivity index is 1.38. The van der Waals surface area contributed by atoms with Gasteiger partial charge in [-0.15, -0.1) is 0 Å². The van der Waals surface area contributed by atoms with Gasteiger partial charge >= 0.3 is 5.97 Å². The molecule has 1 fully saturated rings. The average molecular weight is 627 g/mol. The second kappa shape index (κ2) is 15.3. The molecule has 2 aromatic heterocycles. The van der Waals surface area contributed by atoms with Gasteiger partial charge in [-0.1, -0.05) is 81.6 Å². The van der Waals surface area contributed by atoms with Crippen LogP contribution in [0, 0.1) is 18.8 Å². The van der Waals surface area contributed by atoms with Crippen molar-refractivity contribution in [2.24, 2.45) is 18.9 Å². The van der Waals surface area contributed by atoms with Gasteiger partial charge in [0.1, 0.15) is 24.5 Å². The molecule has 2 heterocycles. The topological polar surface area (TPSA) is 115 Å². The second-order valence-corrected chi connectivity index (χ2v) is 13.0. The quantitative estimate of drug-likeness (QED) is 0.159. The third-order valence-electron chi connectivity index (χ3n) is 8.79. The molecule has 0 aliphatic heterocycles. The van der Waals surface area contributed by atoms with Crippen LogP contribution < -0.4 is 10.6 Å². The highest BCUT2D eigenvalue weighted by atomic mass is 16.5. The van der Waals surface area contributed by atoms with Gasteiger partial charge in [0.2, 0.25) is 17.7 Å². The molecule has 5 rings (SSSR count). The summed E-state index contributed by atoms with van der Waals surface area (Å²) in [7, 11) is 1.98. The van der Waals surface area contributed by atoms with Gasteiger partial charge < -0.3 is 24.4 Å². The van der Waals surface area contributed by atoms with Crippen molar-refractivity contribution in [2.45, 2.75) is 90.8 Å². The first-order valence-corrected chi connectivity index (χ1v) is 16.5. The molecule has 0 radical (unpaired) electrons. The molecule has 1 aliphatic rings. The summed E-state index contributed by atoms with van der Waals surface area (Å²) in [5.41, 5.74) is 2.99. The van der Waals surface area contributed by atoms with E-state index in [4.69, 9.17) is 9.15 Å². The number of carbonyl (C=O) groups is 3. The predicted octanol–water partition coefficient (Wildman–Crippen LogP) is 6.73. The minimum Gasteiger partial charge on any atom is -0.456 e. The van der Waals surface area contributed by atoms with Gasteiger partial charge in [0.15, 0.2) is 5.69 Å². The lowest BCUT2D eigenvalue weighted by Gasteiger charge is -2.25. The number of nitrogens with zero attached hydrogens (tertiary/aromatic N) is 2. The molecule has 244 valence electrons. The number of aryl methyl sites for hydroxylation is 2. The lowest BCUT2D eigenvalue weighted by Crippen LogP contribution is -2.49. The Kier molecular flexibility index (Phi) is 10.9. The van der Waals surface area contributed by atoms with Crippen LogP contribution in [-0.4, -0.2) is 33.4 Å². The highest BCUT2D eigenvalue weighted by Crippen LogP contribution is 2.28. The molecule has 2 amide bonds. The minimum atomic E-state index is -0.711. The zero-order valence-corrected chi connectivity index (χ0v) is 27.4. The number of amides is 2. The van der Waals surface area contributed by atoms with E-state index in [1.54, 1.807) is 6.92 Å². The van der Waals surface area contributed by atoms with Crippen LogP contribution in [0.25, 0.3) is 10.9 Å². The molecule has 1 saturated carbocycles. The zero-order valence-electron chi connectivity index (χ0n) is 27.4. The fourth-order valence-electron chi connectivity index (χ4n) is 6.44. The van der Waals surface area contributed by atoms with Gasteiger partial charge in [-0.2, -0.15) is 0 Å². The fourth-order valence-corrected chi connectivity index (χ4v) is 6.44. The molecule has 2 atom stereocenters. The summed E-state index contributed by atoms with van der Waals surface area (Å²) < 4.78 is 13.6. The molecule has 46 heavy (non-hydrogen) atoms. The van der Waals surface area contributed by atoms with Gasteiger partial charge in [0.05, 0.1) is 0 Å². The van der Waals surface area contributed by atoms with Crippen LogP contribution >= 0.6 is 0 Å². The van der Waals surface area contributed by atoms with Crippen molar-refractivity contribution in [2.75, 3.05) is 0 Å². The summed E-state index contributed by atoms with van der Waals surface area (Å²) in [6.07, 6.45) is 8.98. The molecule has 0 unspecified atom stereocenters. The van der Waals surface area contributed by atoms with Gasteiger partial charge in [0.25, 0.3) is 0 Å². The Labute approximate surface area is 271 Å². The maximum Gasteiger partial charge on any atom is 0.360 e. The minimum absolute atomic E-state index is 0.0719. The summed E-state index contributed by atoms with van der Waals surface area (Å²) in [6.45, 7) is 5.84. The monoisotopic (exact) mass is 626 g/mol. The summed E-state index contributed by atoms with van der Waals surface area (Å²) in [5.74, 6) is 0.0724. The molecular weight excluding hydrogens is 580 g/mol. The largest absolute Gasteiger partial charge is 0.456 e.